The van der Waals surface area contributed by atoms with Crippen molar-refractivity contribution in [3.8, 4) is 5.75 Å². The predicted octanol–water partition coefficient (Wildman–Crippen LogP) is 1.89. The summed E-state index contributed by atoms with van der Waals surface area (Å²) in [4.78, 5) is 12.6. The molecule has 1 aromatic heterocycles. The third-order valence-corrected chi connectivity index (χ3v) is 6.81. The van der Waals surface area contributed by atoms with Crippen LogP contribution in [0, 0.1) is 0 Å². The van der Waals surface area contributed by atoms with Gasteiger partial charge in [0.2, 0.25) is 15.9 Å². The van der Waals surface area contributed by atoms with Crippen molar-refractivity contribution >= 4 is 21.7 Å². The van der Waals surface area contributed by atoms with Gasteiger partial charge in [-0.2, -0.15) is 9.40 Å². The summed E-state index contributed by atoms with van der Waals surface area (Å²) in [5, 5.41) is 7.08. The zero-order chi connectivity index (χ0) is 21.6. The van der Waals surface area contributed by atoms with E-state index in [1.165, 1.54) is 17.5 Å². The lowest BCUT2D eigenvalue weighted by atomic mass is 10.1. The number of carbonyl (C=O) groups excluding carboxylic acids is 1. The van der Waals surface area contributed by atoms with Crippen LogP contribution in [0.2, 0.25) is 0 Å². The van der Waals surface area contributed by atoms with E-state index in [4.69, 9.17) is 9.47 Å². The molecule has 10 heteroatoms. The molecule has 30 heavy (non-hydrogen) atoms. The Morgan fingerprint density at radius 2 is 2.03 bits per heavy atom. The van der Waals surface area contributed by atoms with Crippen LogP contribution in [-0.2, 0) is 32.5 Å². The molecule has 1 aliphatic heterocycles. The fourth-order valence-corrected chi connectivity index (χ4v) is 4.87. The Kier molecular flexibility index (Phi) is 7.46. The van der Waals surface area contributed by atoms with Gasteiger partial charge in [0.15, 0.2) is 0 Å². The molecular formula is C20H28N4O5S. The SMILES string of the molecule is CCCCn1nccc1NC(=O)Cc1ccc(OC)c(S(=O)(=O)N2CCOCC2)c1. The number of ether oxygens (including phenoxy) is 2. The van der Waals surface area contributed by atoms with Gasteiger partial charge in [0.25, 0.3) is 0 Å². The lowest BCUT2D eigenvalue weighted by molar-refractivity contribution is -0.115. The van der Waals surface area contributed by atoms with E-state index < -0.39 is 10.0 Å². The Morgan fingerprint density at radius 1 is 1.27 bits per heavy atom. The van der Waals surface area contributed by atoms with Crippen LogP contribution >= 0.6 is 0 Å². The number of hydrogen-bond acceptors (Lipinski definition) is 6. The number of benzene rings is 1. The molecule has 0 bridgehead atoms. The summed E-state index contributed by atoms with van der Waals surface area (Å²) in [6.07, 6.45) is 3.67. The maximum atomic E-state index is 13.1. The molecule has 1 aliphatic rings. The van der Waals surface area contributed by atoms with Gasteiger partial charge in [-0.1, -0.05) is 19.4 Å². The van der Waals surface area contributed by atoms with E-state index in [9.17, 15) is 13.2 Å². The van der Waals surface area contributed by atoms with Crippen molar-refractivity contribution in [3.63, 3.8) is 0 Å². The molecule has 0 atom stereocenters. The maximum Gasteiger partial charge on any atom is 0.246 e. The molecule has 1 amide bonds. The third kappa shape index (κ3) is 5.18. The number of carbonyl (C=O) groups is 1. The molecule has 2 aromatic rings. The zero-order valence-corrected chi connectivity index (χ0v) is 18.2. The molecule has 1 aromatic carbocycles. The average Bonchev–Trinajstić information content (AvgIpc) is 3.19. The van der Waals surface area contributed by atoms with Gasteiger partial charge in [-0.25, -0.2) is 13.1 Å². The monoisotopic (exact) mass is 436 g/mol. The minimum absolute atomic E-state index is 0.0363. The standard InChI is InChI=1S/C20H28N4O5S/c1-3-4-9-24-19(7-8-21-24)22-20(25)15-16-5-6-17(28-2)18(14-16)30(26,27)23-10-12-29-13-11-23/h5-8,14H,3-4,9-13,15H2,1-2H3,(H,22,25). The number of amides is 1. The van der Waals surface area contributed by atoms with E-state index >= 15 is 0 Å². The van der Waals surface area contributed by atoms with Gasteiger partial charge in [-0.15, -0.1) is 0 Å². The summed E-state index contributed by atoms with van der Waals surface area (Å²) in [7, 11) is -2.32. The Morgan fingerprint density at radius 3 is 2.73 bits per heavy atom. The first-order chi connectivity index (χ1) is 14.5. The number of anilines is 1. The molecule has 0 aliphatic carbocycles. The number of rotatable bonds is 9. The van der Waals surface area contributed by atoms with Crippen molar-refractivity contribution in [2.24, 2.45) is 0 Å². The third-order valence-electron chi connectivity index (χ3n) is 4.89. The highest BCUT2D eigenvalue weighted by Crippen LogP contribution is 2.28. The van der Waals surface area contributed by atoms with Crippen LogP contribution in [0.15, 0.2) is 35.4 Å². The molecule has 1 saturated heterocycles. The van der Waals surface area contributed by atoms with E-state index in [-0.39, 0.29) is 36.1 Å². The van der Waals surface area contributed by atoms with Gasteiger partial charge in [-0.3, -0.25) is 4.79 Å². The van der Waals surface area contributed by atoms with Crippen LogP contribution < -0.4 is 10.1 Å². The molecule has 1 fully saturated rings. The smallest absolute Gasteiger partial charge is 0.246 e. The Hall–Kier alpha value is -2.43. The van der Waals surface area contributed by atoms with Crippen LogP contribution in [0.4, 0.5) is 5.82 Å². The van der Waals surface area contributed by atoms with Gasteiger partial charge >= 0.3 is 0 Å². The normalized spacial score (nSPS) is 15.1. The number of hydrogen-bond donors (Lipinski definition) is 1. The molecule has 1 N–H and O–H groups in total. The molecule has 3 rings (SSSR count). The van der Waals surface area contributed by atoms with Crippen molar-refractivity contribution < 1.29 is 22.7 Å². The quantitative estimate of drug-likeness (QED) is 0.644. The first-order valence-corrected chi connectivity index (χ1v) is 11.5. The molecule has 2 heterocycles. The second-order valence-corrected chi connectivity index (χ2v) is 8.93. The van der Waals surface area contributed by atoms with E-state index in [2.05, 4.69) is 17.3 Å². The predicted molar refractivity (Wildman–Crippen MR) is 112 cm³/mol. The van der Waals surface area contributed by atoms with Crippen molar-refractivity contribution in [1.29, 1.82) is 0 Å². The maximum absolute atomic E-state index is 13.1. The Labute approximate surface area is 177 Å². The highest BCUT2D eigenvalue weighted by atomic mass is 32.2. The number of methoxy groups -OCH3 is 1. The van der Waals surface area contributed by atoms with Gasteiger partial charge < -0.3 is 14.8 Å². The van der Waals surface area contributed by atoms with Gasteiger partial charge in [0, 0.05) is 25.7 Å². The molecule has 0 radical (unpaired) electrons. The lowest BCUT2D eigenvalue weighted by Crippen LogP contribution is -2.40. The summed E-state index contributed by atoms with van der Waals surface area (Å²) in [5.41, 5.74) is 0.583. The van der Waals surface area contributed by atoms with E-state index in [0.717, 1.165) is 19.4 Å². The topological polar surface area (TPSA) is 103 Å². The summed E-state index contributed by atoms with van der Waals surface area (Å²) < 4.78 is 39.8. The molecule has 0 saturated carbocycles. The highest BCUT2D eigenvalue weighted by Gasteiger charge is 2.29. The number of aromatic nitrogens is 2. The number of sulfonamides is 1. The average molecular weight is 437 g/mol. The lowest BCUT2D eigenvalue weighted by Gasteiger charge is -2.26. The van der Waals surface area contributed by atoms with E-state index in [1.807, 2.05) is 0 Å². The van der Waals surface area contributed by atoms with Crippen molar-refractivity contribution in [2.75, 3.05) is 38.7 Å². The summed E-state index contributed by atoms with van der Waals surface area (Å²) in [6, 6.07) is 6.54. The van der Waals surface area contributed by atoms with Crippen LogP contribution in [-0.4, -0.2) is 61.8 Å². The fraction of sp³-hybridized carbons (Fsp3) is 0.500. The highest BCUT2D eigenvalue weighted by molar-refractivity contribution is 7.89. The number of morpholine rings is 1. The molecule has 0 spiro atoms. The number of nitrogens with one attached hydrogen (secondary N) is 1. The van der Waals surface area contributed by atoms with Crippen LogP contribution in [0.5, 0.6) is 5.75 Å². The number of unbranched alkanes of at least 4 members (excludes halogenated alkanes) is 1. The Balaban J connectivity index is 1.76. The van der Waals surface area contributed by atoms with Crippen LogP contribution in [0.3, 0.4) is 0 Å². The molecule has 9 nitrogen and oxygen atoms in total. The molecule has 164 valence electrons. The van der Waals surface area contributed by atoms with Gasteiger partial charge in [0.1, 0.15) is 16.5 Å². The second-order valence-electron chi connectivity index (χ2n) is 7.02. The number of aryl methyl sites for hydroxylation is 1. The van der Waals surface area contributed by atoms with E-state index in [1.54, 1.807) is 29.1 Å². The summed E-state index contributed by atoms with van der Waals surface area (Å²) in [6.45, 7) is 4.11. The molecule has 0 unspecified atom stereocenters. The van der Waals surface area contributed by atoms with Gasteiger partial charge in [0.05, 0.1) is 32.9 Å². The largest absolute Gasteiger partial charge is 0.495 e. The first kappa shape index (κ1) is 22.3. The zero-order valence-electron chi connectivity index (χ0n) is 17.3. The minimum atomic E-state index is -3.75. The van der Waals surface area contributed by atoms with Crippen molar-refractivity contribution in [3.05, 3.63) is 36.0 Å². The van der Waals surface area contributed by atoms with E-state index in [0.29, 0.717) is 24.6 Å². The summed E-state index contributed by atoms with van der Waals surface area (Å²) >= 11 is 0. The van der Waals surface area contributed by atoms with Gasteiger partial charge in [-0.05, 0) is 24.1 Å². The van der Waals surface area contributed by atoms with Crippen molar-refractivity contribution in [1.82, 2.24) is 14.1 Å². The van der Waals surface area contributed by atoms with Crippen LogP contribution in [0.1, 0.15) is 25.3 Å². The van der Waals surface area contributed by atoms with Crippen LogP contribution in [0.25, 0.3) is 0 Å². The Bertz CT molecular complexity index is 967. The minimum Gasteiger partial charge on any atom is -0.495 e. The molecular weight excluding hydrogens is 408 g/mol. The first-order valence-electron chi connectivity index (χ1n) is 10.0. The summed E-state index contributed by atoms with van der Waals surface area (Å²) in [5.74, 6) is 0.638. The fourth-order valence-electron chi connectivity index (χ4n) is 3.26. The number of nitrogens with zero attached hydrogens (tertiary/aromatic N) is 3. The second kappa shape index (κ2) is 10.1. The van der Waals surface area contributed by atoms with Crippen molar-refractivity contribution in [2.45, 2.75) is 37.6 Å².